The molecule has 0 atom stereocenters. The number of imide groups is 1. The first kappa shape index (κ1) is 24.5. The van der Waals surface area contributed by atoms with Crippen LogP contribution in [0, 0.1) is 0 Å². The molecule has 1 fully saturated rings. The minimum absolute atomic E-state index is 0.122. The van der Waals surface area contributed by atoms with Crippen LogP contribution >= 0.6 is 11.8 Å². The van der Waals surface area contributed by atoms with Crippen molar-refractivity contribution >= 4 is 40.6 Å². The van der Waals surface area contributed by atoms with Gasteiger partial charge in [-0.25, -0.2) is 0 Å². The Kier molecular flexibility index (Phi) is 7.81. The second-order valence-electron chi connectivity index (χ2n) is 7.73. The summed E-state index contributed by atoms with van der Waals surface area (Å²) in [5.41, 5.74) is 1.16. The van der Waals surface area contributed by atoms with Crippen LogP contribution in [-0.4, -0.2) is 48.5 Å². The number of hydrogen-bond donors (Lipinski definition) is 1. The minimum atomic E-state index is -0.526. The van der Waals surface area contributed by atoms with E-state index in [0.717, 1.165) is 29.5 Å². The van der Waals surface area contributed by atoms with Crippen LogP contribution in [0.3, 0.4) is 0 Å². The molecule has 0 radical (unpaired) electrons. The first-order chi connectivity index (χ1) is 17.0. The summed E-state index contributed by atoms with van der Waals surface area (Å²) in [6, 6.07) is 10.3. The summed E-state index contributed by atoms with van der Waals surface area (Å²) in [5, 5.41) is 2.17. The zero-order chi connectivity index (χ0) is 24.8. The molecule has 0 aromatic heterocycles. The Morgan fingerprint density at radius 1 is 1.09 bits per heavy atom. The minimum Gasteiger partial charge on any atom is -0.490 e. The molecule has 184 valence electrons. The summed E-state index contributed by atoms with van der Waals surface area (Å²) < 4.78 is 22.0. The van der Waals surface area contributed by atoms with E-state index in [1.807, 2.05) is 6.92 Å². The van der Waals surface area contributed by atoms with E-state index in [-0.39, 0.29) is 11.7 Å². The van der Waals surface area contributed by atoms with Crippen LogP contribution in [0.4, 0.5) is 10.5 Å². The van der Waals surface area contributed by atoms with E-state index < -0.39 is 23.6 Å². The number of carbonyl (C=O) groups is 3. The molecule has 9 nitrogen and oxygen atoms in total. The topological polar surface area (TPSA) is 103 Å². The summed E-state index contributed by atoms with van der Waals surface area (Å²) in [6.45, 7) is 4.74. The summed E-state index contributed by atoms with van der Waals surface area (Å²) in [6.07, 6.45) is 3.56. The van der Waals surface area contributed by atoms with E-state index in [2.05, 4.69) is 12.2 Å². The molecule has 35 heavy (non-hydrogen) atoms. The van der Waals surface area contributed by atoms with E-state index in [1.54, 1.807) is 42.5 Å². The predicted molar refractivity (Wildman–Crippen MR) is 132 cm³/mol. The number of benzene rings is 2. The lowest BCUT2D eigenvalue weighted by molar-refractivity contribution is -0.127. The standard InChI is InChI=1S/C25H26N2O7S/c1-3-5-10-32-18-8-6-16(11-20(18)31-4-2)12-22-24(29)27(25(30)35-22)14-23(28)26-17-7-9-19-21(13-17)34-15-33-19/h6-9,11-13H,3-5,10,14-15H2,1-2H3,(H,26,28)/b22-12-. The van der Waals surface area contributed by atoms with Gasteiger partial charge in [0.15, 0.2) is 23.0 Å². The number of rotatable bonds is 10. The molecule has 1 N–H and O–H groups in total. The van der Waals surface area contributed by atoms with Crippen molar-refractivity contribution in [2.45, 2.75) is 26.7 Å². The van der Waals surface area contributed by atoms with Crippen LogP contribution in [0.25, 0.3) is 6.08 Å². The van der Waals surface area contributed by atoms with E-state index in [1.165, 1.54) is 0 Å². The Morgan fingerprint density at radius 2 is 1.91 bits per heavy atom. The monoisotopic (exact) mass is 498 g/mol. The molecule has 4 rings (SSSR count). The third-order valence-corrected chi connectivity index (χ3v) is 6.06. The summed E-state index contributed by atoms with van der Waals surface area (Å²) >= 11 is 0.791. The van der Waals surface area contributed by atoms with Crippen molar-refractivity contribution in [2.75, 3.05) is 31.9 Å². The lowest BCUT2D eigenvalue weighted by atomic mass is 10.2. The lowest BCUT2D eigenvalue weighted by Crippen LogP contribution is -2.36. The van der Waals surface area contributed by atoms with Gasteiger partial charge in [0, 0.05) is 11.8 Å². The number of ether oxygens (including phenoxy) is 4. The van der Waals surface area contributed by atoms with E-state index in [0.29, 0.717) is 47.5 Å². The van der Waals surface area contributed by atoms with Gasteiger partial charge in [0.05, 0.1) is 18.1 Å². The zero-order valence-corrected chi connectivity index (χ0v) is 20.3. The van der Waals surface area contributed by atoms with Crippen molar-refractivity contribution < 1.29 is 33.3 Å². The molecule has 0 aliphatic carbocycles. The Bertz CT molecular complexity index is 1160. The Morgan fingerprint density at radius 3 is 2.71 bits per heavy atom. The van der Waals surface area contributed by atoms with Crippen LogP contribution in [-0.2, 0) is 9.59 Å². The van der Waals surface area contributed by atoms with E-state index in [4.69, 9.17) is 18.9 Å². The highest BCUT2D eigenvalue weighted by Crippen LogP contribution is 2.36. The number of carbonyl (C=O) groups excluding carboxylic acids is 3. The number of unbranched alkanes of at least 4 members (excludes halogenated alkanes) is 1. The maximum Gasteiger partial charge on any atom is 0.294 e. The Labute approximate surface area is 207 Å². The van der Waals surface area contributed by atoms with Crippen LogP contribution in [0.2, 0.25) is 0 Å². The van der Waals surface area contributed by atoms with Gasteiger partial charge in [-0.1, -0.05) is 19.4 Å². The highest BCUT2D eigenvalue weighted by molar-refractivity contribution is 8.18. The molecular formula is C25H26N2O7S. The fourth-order valence-electron chi connectivity index (χ4n) is 3.43. The van der Waals surface area contributed by atoms with Crippen LogP contribution in [0.1, 0.15) is 32.3 Å². The number of anilines is 1. The maximum atomic E-state index is 12.9. The van der Waals surface area contributed by atoms with Gasteiger partial charge in [0.1, 0.15) is 6.54 Å². The third-order valence-electron chi connectivity index (χ3n) is 5.15. The van der Waals surface area contributed by atoms with Crippen molar-refractivity contribution in [1.29, 1.82) is 0 Å². The second-order valence-corrected chi connectivity index (χ2v) is 8.72. The second kappa shape index (κ2) is 11.2. The average Bonchev–Trinajstić information content (AvgIpc) is 3.40. The van der Waals surface area contributed by atoms with E-state index >= 15 is 0 Å². The molecule has 2 heterocycles. The fraction of sp³-hybridized carbons (Fsp3) is 0.320. The molecule has 0 bridgehead atoms. The molecule has 3 amide bonds. The summed E-state index contributed by atoms with van der Waals surface area (Å²) in [7, 11) is 0. The molecule has 2 aromatic rings. The quantitative estimate of drug-likeness (QED) is 0.372. The average molecular weight is 499 g/mol. The molecule has 10 heteroatoms. The van der Waals surface area contributed by atoms with Crippen LogP contribution in [0.5, 0.6) is 23.0 Å². The fourth-order valence-corrected chi connectivity index (χ4v) is 4.27. The highest BCUT2D eigenvalue weighted by Gasteiger charge is 2.36. The van der Waals surface area contributed by atoms with Crippen molar-refractivity contribution in [3.8, 4) is 23.0 Å². The molecule has 1 saturated heterocycles. The number of nitrogens with zero attached hydrogens (tertiary/aromatic N) is 1. The van der Waals surface area contributed by atoms with Crippen molar-refractivity contribution in [1.82, 2.24) is 4.90 Å². The highest BCUT2D eigenvalue weighted by atomic mass is 32.2. The predicted octanol–water partition coefficient (Wildman–Crippen LogP) is 4.67. The Hall–Kier alpha value is -3.66. The van der Waals surface area contributed by atoms with Crippen LogP contribution in [0.15, 0.2) is 41.3 Å². The maximum absolute atomic E-state index is 12.9. The number of amides is 3. The van der Waals surface area contributed by atoms with Gasteiger partial charge in [-0.05, 0) is 61.0 Å². The Balaban J connectivity index is 1.42. The summed E-state index contributed by atoms with van der Waals surface area (Å²) in [5.74, 6) is 1.28. The SMILES string of the molecule is CCCCOc1ccc(/C=C2\SC(=O)N(CC(=O)Nc3ccc4c(c3)OCO4)C2=O)cc1OCC. The molecule has 2 aromatic carbocycles. The van der Waals surface area contributed by atoms with Gasteiger partial charge in [0.2, 0.25) is 12.7 Å². The van der Waals surface area contributed by atoms with Gasteiger partial charge < -0.3 is 24.3 Å². The molecule has 0 unspecified atom stereocenters. The number of thioether (sulfide) groups is 1. The molecule has 2 aliphatic rings. The third kappa shape index (κ3) is 5.89. The smallest absolute Gasteiger partial charge is 0.294 e. The van der Waals surface area contributed by atoms with Crippen molar-refractivity contribution in [2.24, 2.45) is 0 Å². The van der Waals surface area contributed by atoms with Gasteiger partial charge >= 0.3 is 0 Å². The number of fused-ring (bicyclic) bond motifs is 1. The zero-order valence-electron chi connectivity index (χ0n) is 19.5. The lowest BCUT2D eigenvalue weighted by Gasteiger charge is -2.13. The number of nitrogens with one attached hydrogen (secondary N) is 1. The van der Waals surface area contributed by atoms with E-state index in [9.17, 15) is 14.4 Å². The van der Waals surface area contributed by atoms with Crippen molar-refractivity contribution in [3.05, 3.63) is 46.9 Å². The molecule has 0 saturated carbocycles. The van der Waals surface area contributed by atoms with Crippen LogP contribution < -0.4 is 24.3 Å². The summed E-state index contributed by atoms with van der Waals surface area (Å²) in [4.78, 5) is 39.0. The largest absolute Gasteiger partial charge is 0.490 e. The van der Waals surface area contributed by atoms with Gasteiger partial charge in [-0.2, -0.15) is 0 Å². The normalized spacial score (nSPS) is 15.6. The molecule has 2 aliphatic heterocycles. The van der Waals surface area contributed by atoms with Gasteiger partial charge in [-0.3, -0.25) is 19.3 Å². The first-order valence-electron chi connectivity index (χ1n) is 11.3. The number of hydrogen-bond acceptors (Lipinski definition) is 8. The first-order valence-corrected chi connectivity index (χ1v) is 12.1. The van der Waals surface area contributed by atoms with Gasteiger partial charge in [0.25, 0.3) is 11.1 Å². The molecule has 0 spiro atoms. The van der Waals surface area contributed by atoms with Gasteiger partial charge in [-0.15, -0.1) is 0 Å². The molecular weight excluding hydrogens is 472 g/mol. The van der Waals surface area contributed by atoms with Crippen molar-refractivity contribution in [3.63, 3.8) is 0 Å².